The molecule has 28 heavy (non-hydrogen) atoms. The Kier molecular flexibility index (Phi) is 4.58. The highest BCUT2D eigenvalue weighted by Gasteiger charge is 2.23. The van der Waals surface area contributed by atoms with Crippen LogP contribution in [-0.4, -0.2) is 15.8 Å². The van der Waals surface area contributed by atoms with Crippen LogP contribution in [-0.2, 0) is 0 Å². The molecule has 0 atom stereocenters. The molecule has 0 aliphatic rings. The van der Waals surface area contributed by atoms with E-state index in [0.29, 0.717) is 10.7 Å². The normalized spacial score (nSPS) is 10.8. The Hall–Kier alpha value is -3.58. The minimum absolute atomic E-state index is 0.0203. The van der Waals surface area contributed by atoms with Gasteiger partial charge in [0.15, 0.2) is 5.13 Å². The highest BCUT2D eigenvalue weighted by Crippen LogP contribution is 2.31. The van der Waals surface area contributed by atoms with Gasteiger partial charge < -0.3 is 0 Å². The average Bonchev–Trinajstić information content (AvgIpc) is 3.15. The summed E-state index contributed by atoms with van der Waals surface area (Å²) in [6.45, 7) is 1.61. The molecule has 0 aliphatic carbocycles. The standard InChI is InChI=1S/C21H15N3O3S/c1-13-6-4-11-17(19(13)24(26)27)20(25)23-21-22-18(12-28-21)16-10-5-8-14-7-2-3-9-15(14)16/h2-12H,1H3,(H,22,23,25). The molecule has 0 unspecified atom stereocenters. The number of carbonyl (C=O) groups is 1. The third-order valence-corrected chi connectivity index (χ3v) is 5.21. The fraction of sp³-hybridized carbons (Fsp3) is 0.0476. The topological polar surface area (TPSA) is 85.1 Å². The highest BCUT2D eigenvalue weighted by atomic mass is 32.1. The van der Waals surface area contributed by atoms with Crippen LogP contribution in [0.15, 0.2) is 66.0 Å². The first kappa shape index (κ1) is 17.8. The number of rotatable bonds is 4. The summed E-state index contributed by atoms with van der Waals surface area (Å²) in [7, 11) is 0. The smallest absolute Gasteiger partial charge is 0.285 e. The number of nitrogens with zero attached hydrogens (tertiary/aromatic N) is 2. The Morgan fingerprint density at radius 2 is 1.82 bits per heavy atom. The molecule has 138 valence electrons. The van der Waals surface area contributed by atoms with Gasteiger partial charge in [0, 0.05) is 16.5 Å². The second-order valence-electron chi connectivity index (χ2n) is 6.25. The Labute approximate surface area is 164 Å². The minimum Gasteiger partial charge on any atom is -0.298 e. The minimum atomic E-state index is -0.547. The van der Waals surface area contributed by atoms with E-state index in [1.165, 1.54) is 17.4 Å². The van der Waals surface area contributed by atoms with E-state index in [0.717, 1.165) is 22.0 Å². The third-order valence-electron chi connectivity index (χ3n) is 4.46. The Morgan fingerprint density at radius 1 is 1.07 bits per heavy atom. The number of amides is 1. The lowest BCUT2D eigenvalue weighted by Gasteiger charge is -2.05. The summed E-state index contributed by atoms with van der Waals surface area (Å²) < 4.78 is 0. The van der Waals surface area contributed by atoms with Crippen molar-refractivity contribution in [3.63, 3.8) is 0 Å². The number of fused-ring (bicyclic) bond motifs is 1. The zero-order chi connectivity index (χ0) is 19.7. The molecular weight excluding hydrogens is 374 g/mol. The Balaban J connectivity index is 1.65. The van der Waals surface area contributed by atoms with Crippen molar-refractivity contribution < 1.29 is 9.72 Å². The quantitative estimate of drug-likeness (QED) is 0.372. The summed E-state index contributed by atoms with van der Waals surface area (Å²) in [6, 6.07) is 18.7. The number of thiazole rings is 1. The maximum absolute atomic E-state index is 12.6. The van der Waals surface area contributed by atoms with Crippen LogP contribution in [0.4, 0.5) is 10.8 Å². The summed E-state index contributed by atoms with van der Waals surface area (Å²) in [5, 5.41) is 18.4. The molecule has 0 fully saturated rings. The number of carbonyl (C=O) groups excluding carboxylic acids is 1. The maximum Gasteiger partial charge on any atom is 0.285 e. The first-order valence-electron chi connectivity index (χ1n) is 8.53. The van der Waals surface area contributed by atoms with Gasteiger partial charge >= 0.3 is 0 Å². The van der Waals surface area contributed by atoms with Gasteiger partial charge in [0.25, 0.3) is 11.6 Å². The molecule has 0 saturated heterocycles. The molecule has 6 nitrogen and oxygen atoms in total. The van der Waals surface area contributed by atoms with Crippen LogP contribution in [0.2, 0.25) is 0 Å². The molecular formula is C21H15N3O3S. The average molecular weight is 389 g/mol. The van der Waals surface area contributed by atoms with E-state index in [9.17, 15) is 14.9 Å². The van der Waals surface area contributed by atoms with Gasteiger partial charge in [-0.2, -0.15) is 0 Å². The molecule has 0 saturated carbocycles. The van der Waals surface area contributed by atoms with Gasteiger partial charge in [-0.05, 0) is 23.8 Å². The van der Waals surface area contributed by atoms with Gasteiger partial charge in [0.2, 0.25) is 0 Å². The van der Waals surface area contributed by atoms with Crippen LogP contribution < -0.4 is 5.32 Å². The molecule has 0 bridgehead atoms. The molecule has 1 N–H and O–H groups in total. The molecule has 7 heteroatoms. The number of aryl methyl sites for hydroxylation is 1. The van der Waals surface area contributed by atoms with Crippen molar-refractivity contribution >= 4 is 38.8 Å². The number of benzene rings is 3. The van der Waals surface area contributed by atoms with E-state index < -0.39 is 10.8 Å². The predicted octanol–water partition coefficient (Wildman–Crippen LogP) is 5.43. The summed E-state index contributed by atoms with van der Waals surface area (Å²) in [5.41, 5.74) is 1.98. The van der Waals surface area contributed by atoms with Crippen molar-refractivity contribution in [2.75, 3.05) is 5.32 Å². The van der Waals surface area contributed by atoms with Crippen molar-refractivity contribution in [1.29, 1.82) is 0 Å². The lowest BCUT2D eigenvalue weighted by Crippen LogP contribution is -2.14. The van der Waals surface area contributed by atoms with Crippen LogP contribution in [0.25, 0.3) is 22.0 Å². The van der Waals surface area contributed by atoms with Gasteiger partial charge in [-0.15, -0.1) is 11.3 Å². The van der Waals surface area contributed by atoms with Crippen molar-refractivity contribution in [3.8, 4) is 11.3 Å². The van der Waals surface area contributed by atoms with Crippen LogP contribution in [0.3, 0.4) is 0 Å². The van der Waals surface area contributed by atoms with Gasteiger partial charge in [-0.3, -0.25) is 20.2 Å². The zero-order valence-corrected chi connectivity index (χ0v) is 15.7. The predicted molar refractivity (Wildman–Crippen MR) is 111 cm³/mol. The van der Waals surface area contributed by atoms with Crippen LogP contribution in [0.1, 0.15) is 15.9 Å². The van der Waals surface area contributed by atoms with Crippen molar-refractivity contribution in [2.24, 2.45) is 0 Å². The van der Waals surface area contributed by atoms with Crippen LogP contribution >= 0.6 is 11.3 Å². The summed E-state index contributed by atoms with van der Waals surface area (Å²) in [4.78, 5) is 27.9. The number of hydrogen-bond acceptors (Lipinski definition) is 5. The first-order chi connectivity index (χ1) is 13.5. The van der Waals surface area contributed by atoms with Crippen molar-refractivity contribution in [2.45, 2.75) is 6.92 Å². The number of anilines is 1. The SMILES string of the molecule is Cc1cccc(C(=O)Nc2nc(-c3cccc4ccccc34)cs2)c1[N+](=O)[O-]. The van der Waals surface area contributed by atoms with Crippen molar-refractivity contribution in [3.05, 3.63) is 87.3 Å². The molecule has 1 aromatic heterocycles. The molecule has 0 aliphatic heterocycles. The van der Waals surface area contributed by atoms with Crippen molar-refractivity contribution in [1.82, 2.24) is 4.98 Å². The lowest BCUT2D eigenvalue weighted by molar-refractivity contribution is -0.385. The molecule has 1 amide bonds. The van der Waals surface area contributed by atoms with E-state index in [1.54, 1.807) is 19.1 Å². The summed E-state index contributed by atoms with van der Waals surface area (Å²) >= 11 is 1.28. The monoisotopic (exact) mass is 389 g/mol. The van der Waals surface area contributed by atoms with E-state index in [1.807, 2.05) is 47.8 Å². The first-order valence-corrected chi connectivity index (χ1v) is 9.41. The molecule has 4 rings (SSSR count). The fourth-order valence-corrected chi connectivity index (χ4v) is 3.86. The number of nitro benzene ring substituents is 1. The number of nitro groups is 1. The van der Waals surface area contributed by atoms with Crippen LogP contribution in [0.5, 0.6) is 0 Å². The van der Waals surface area contributed by atoms with Gasteiger partial charge in [0.05, 0.1) is 10.6 Å². The number of hydrogen-bond donors (Lipinski definition) is 1. The molecule has 4 aromatic rings. The molecule has 0 spiro atoms. The highest BCUT2D eigenvalue weighted by molar-refractivity contribution is 7.14. The summed E-state index contributed by atoms with van der Waals surface area (Å²) in [6.07, 6.45) is 0. The van der Waals surface area contributed by atoms with E-state index in [2.05, 4.69) is 10.3 Å². The van der Waals surface area contributed by atoms with E-state index in [4.69, 9.17) is 0 Å². The number of para-hydroxylation sites is 1. The van der Waals surface area contributed by atoms with Crippen LogP contribution in [0, 0.1) is 17.0 Å². The van der Waals surface area contributed by atoms with Gasteiger partial charge in [0.1, 0.15) is 5.56 Å². The maximum atomic E-state index is 12.6. The second-order valence-corrected chi connectivity index (χ2v) is 7.11. The lowest BCUT2D eigenvalue weighted by atomic mass is 10.0. The number of nitrogens with one attached hydrogen (secondary N) is 1. The molecule has 1 heterocycles. The fourth-order valence-electron chi connectivity index (χ4n) is 3.15. The Bertz CT molecular complexity index is 1210. The zero-order valence-electron chi connectivity index (χ0n) is 14.9. The summed E-state index contributed by atoms with van der Waals surface area (Å²) in [5.74, 6) is -0.547. The second kappa shape index (κ2) is 7.21. The van der Waals surface area contributed by atoms with E-state index in [-0.39, 0.29) is 11.3 Å². The number of aromatic nitrogens is 1. The van der Waals surface area contributed by atoms with Gasteiger partial charge in [-0.25, -0.2) is 4.98 Å². The van der Waals surface area contributed by atoms with Gasteiger partial charge in [-0.1, -0.05) is 54.6 Å². The van der Waals surface area contributed by atoms with E-state index >= 15 is 0 Å². The molecule has 3 aromatic carbocycles. The largest absolute Gasteiger partial charge is 0.298 e. The molecule has 0 radical (unpaired) electrons. The third kappa shape index (κ3) is 3.23. The Morgan fingerprint density at radius 3 is 2.64 bits per heavy atom.